The van der Waals surface area contributed by atoms with Gasteiger partial charge in [-0.05, 0) is 42.7 Å². The van der Waals surface area contributed by atoms with Crippen LogP contribution in [0.25, 0.3) is 0 Å². The zero-order valence-electron chi connectivity index (χ0n) is 18.5. The Morgan fingerprint density at radius 1 is 0.808 bits per heavy atom. The van der Waals surface area contributed by atoms with Crippen molar-refractivity contribution in [2.75, 3.05) is 13.2 Å². The molecule has 0 aliphatic carbocycles. The molecule has 0 saturated heterocycles. The third-order valence-corrected chi connectivity index (χ3v) is 2.97. The van der Waals surface area contributed by atoms with E-state index in [4.69, 9.17) is 10.2 Å². The zero-order valence-corrected chi connectivity index (χ0v) is 18.5. The molecule has 0 fully saturated rings. The third kappa shape index (κ3) is 13.7. The molecule has 0 aromatic heterocycles. The second-order valence-electron chi connectivity index (χ2n) is 7.97. The number of phenolic OH excluding ortho intramolecular Hbond substituents is 1. The SMILES string of the molecule is C=CC.C=CC.Cc1cc(C(C)(C)C)c(O)c(C(C)(C)C)c1.OCCO. The highest BCUT2D eigenvalue weighted by Gasteiger charge is 2.25. The summed E-state index contributed by atoms with van der Waals surface area (Å²) in [5.74, 6) is 0.464. The number of allylic oxidation sites excluding steroid dienone is 2. The van der Waals surface area contributed by atoms with Crippen molar-refractivity contribution in [3.05, 3.63) is 54.1 Å². The molecule has 0 unspecified atom stereocenters. The van der Waals surface area contributed by atoms with Crippen molar-refractivity contribution in [1.29, 1.82) is 0 Å². The summed E-state index contributed by atoms with van der Waals surface area (Å²) in [5.41, 5.74) is 3.26. The second kappa shape index (κ2) is 14.6. The summed E-state index contributed by atoms with van der Waals surface area (Å²) >= 11 is 0. The number of rotatable bonds is 1. The first-order chi connectivity index (χ1) is 11.8. The lowest BCUT2D eigenvalue weighted by atomic mass is 9.78. The van der Waals surface area contributed by atoms with E-state index in [2.05, 4.69) is 73.8 Å². The van der Waals surface area contributed by atoms with Crippen molar-refractivity contribution in [3.63, 3.8) is 0 Å². The van der Waals surface area contributed by atoms with E-state index in [1.54, 1.807) is 12.2 Å². The summed E-state index contributed by atoms with van der Waals surface area (Å²) in [6.07, 6.45) is 3.50. The van der Waals surface area contributed by atoms with Gasteiger partial charge < -0.3 is 15.3 Å². The van der Waals surface area contributed by atoms with Gasteiger partial charge in [0.1, 0.15) is 5.75 Å². The predicted octanol–water partition coefficient (Wildman–Crippen LogP) is 5.65. The van der Waals surface area contributed by atoms with Gasteiger partial charge in [0.2, 0.25) is 0 Å². The minimum Gasteiger partial charge on any atom is -0.507 e. The van der Waals surface area contributed by atoms with Crippen LogP contribution in [-0.2, 0) is 10.8 Å². The average molecular weight is 367 g/mol. The molecular weight excluding hydrogens is 324 g/mol. The number of hydrogen-bond donors (Lipinski definition) is 3. The topological polar surface area (TPSA) is 60.7 Å². The van der Waals surface area contributed by atoms with Crippen LogP contribution in [0.15, 0.2) is 37.4 Å². The summed E-state index contributed by atoms with van der Waals surface area (Å²) in [6, 6.07) is 4.18. The fraction of sp³-hybridized carbons (Fsp3) is 0.565. The van der Waals surface area contributed by atoms with Gasteiger partial charge in [0.15, 0.2) is 0 Å². The van der Waals surface area contributed by atoms with E-state index in [9.17, 15) is 5.11 Å². The van der Waals surface area contributed by atoms with E-state index in [1.165, 1.54) is 5.56 Å². The van der Waals surface area contributed by atoms with Crippen molar-refractivity contribution in [2.45, 2.75) is 73.1 Å². The number of hydrogen-bond acceptors (Lipinski definition) is 3. The largest absolute Gasteiger partial charge is 0.507 e. The van der Waals surface area contributed by atoms with E-state index < -0.39 is 0 Å². The molecule has 0 aliphatic heterocycles. The smallest absolute Gasteiger partial charge is 0.123 e. The first kappa shape index (κ1) is 29.2. The van der Waals surface area contributed by atoms with Crippen molar-refractivity contribution >= 4 is 0 Å². The van der Waals surface area contributed by atoms with Crippen LogP contribution in [0, 0.1) is 6.92 Å². The molecule has 1 rings (SSSR count). The van der Waals surface area contributed by atoms with Crippen LogP contribution < -0.4 is 0 Å². The molecule has 1 aromatic rings. The molecule has 0 heterocycles. The number of phenols is 1. The van der Waals surface area contributed by atoms with Gasteiger partial charge in [-0.25, -0.2) is 0 Å². The van der Waals surface area contributed by atoms with Gasteiger partial charge in [-0.1, -0.05) is 71.4 Å². The summed E-state index contributed by atoms with van der Waals surface area (Å²) in [7, 11) is 0. The Kier molecular flexibility index (Phi) is 16.4. The van der Waals surface area contributed by atoms with Crippen LogP contribution in [0.3, 0.4) is 0 Å². The molecule has 0 aliphatic rings. The average Bonchev–Trinajstić information content (AvgIpc) is 2.49. The Balaban J connectivity index is -0.000000439. The maximum Gasteiger partial charge on any atom is 0.123 e. The summed E-state index contributed by atoms with van der Waals surface area (Å²) in [5, 5.41) is 25.6. The number of aryl methyl sites for hydroxylation is 1. The molecule has 0 radical (unpaired) electrons. The molecule has 0 saturated carbocycles. The van der Waals surface area contributed by atoms with Gasteiger partial charge in [0.05, 0.1) is 13.2 Å². The highest BCUT2D eigenvalue weighted by molar-refractivity contribution is 5.49. The fourth-order valence-electron chi connectivity index (χ4n) is 1.92. The number of aliphatic hydroxyl groups excluding tert-OH is 2. The first-order valence-electron chi connectivity index (χ1n) is 8.98. The van der Waals surface area contributed by atoms with Gasteiger partial charge in [0.25, 0.3) is 0 Å². The molecule has 3 heteroatoms. The standard InChI is InChI=1S/C15H24O.2C3H6.C2H6O2/c1-10-8-11(14(2,3)4)13(16)12(9-10)15(5,6)7;2*1-3-2;3-1-2-4/h8-9,16H,1-7H3;2*3H,1H2,2H3;3-4H,1-2H2. The van der Waals surface area contributed by atoms with Crippen molar-refractivity contribution in [3.8, 4) is 5.75 Å². The fourth-order valence-corrected chi connectivity index (χ4v) is 1.92. The number of benzene rings is 1. The first-order valence-corrected chi connectivity index (χ1v) is 8.98. The zero-order chi connectivity index (χ0) is 21.6. The lowest BCUT2D eigenvalue weighted by Gasteiger charge is -2.27. The van der Waals surface area contributed by atoms with Gasteiger partial charge in [-0.15, -0.1) is 13.2 Å². The molecule has 152 valence electrons. The normalized spacial score (nSPS) is 10.1. The van der Waals surface area contributed by atoms with Gasteiger partial charge in [-0.3, -0.25) is 0 Å². The quantitative estimate of drug-likeness (QED) is 0.563. The number of aliphatic hydroxyl groups is 2. The molecular formula is C23H42O3. The summed E-state index contributed by atoms with van der Waals surface area (Å²) < 4.78 is 0. The van der Waals surface area contributed by atoms with Gasteiger partial charge in [-0.2, -0.15) is 0 Å². The van der Waals surface area contributed by atoms with E-state index in [-0.39, 0.29) is 24.0 Å². The maximum atomic E-state index is 10.4. The molecule has 0 atom stereocenters. The van der Waals surface area contributed by atoms with Crippen LogP contribution in [0.4, 0.5) is 0 Å². The molecule has 3 nitrogen and oxygen atoms in total. The van der Waals surface area contributed by atoms with Crippen LogP contribution in [0.2, 0.25) is 0 Å². The Morgan fingerprint density at radius 2 is 1.04 bits per heavy atom. The van der Waals surface area contributed by atoms with E-state index in [1.807, 2.05) is 13.8 Å². The summed E-state index contributed by atoms with van der Waals surface area (Å²) in [4.78, 5) is 0. The minimum atomic E-state index is -0.125. The molecule has 1 aromatic carbocycles. The predicted molar refractivity (Wildman–Crippen MR) is 116 cm³/mol. The Morgan fingerprint density at radius 3 is 1.19 bits per heavy atom. The minimum absolute atomic E-state index is 0.0178. The van der Waals surface area contributed by atoms with Crippen LogP contribution in [-0.4, -0.2) is 28.5 Å². The van der Waals surface area contributed by atoms with E-state index >= 15 is 0 Å². The van der Waals surface area contributed by atoms with E-state index in [0.29, 0.717) is 5.75 Å². The highest BCUT2D eigenvalue weighted by Crippen LogP contribution is 2.39. The molecule has 26 heavy (non-hydrogen) atoms. The lowest BCUT2D eigenvalue weighted by Crippen LogP contribution is -2.17. The van der Waals surface area contributed by atoms with Crippen molar-refractivity contribution in [2.24, 2.45) is 0 Å². The molecule has 3 N–H and O–H groups in total. The number of aromatic hydroxyl groups is 1. The third-order valence-electron chi connectivity index (χ3n) is 2.97. The monoisotopic (exact) mass is 366 g/mol. The lowest BCUT2D eigenvalue weighted by molar-refractivity contribution is 0.186. The Hall–Kier alpha value is -1.58. The van der Waals surface area contributed by atoms with Gasteiger partial charge in [0, 0.05) is 0 Å². The Labute approximate surface area is 162 Å². The molecule has 0 spiro atoms. The Bertz CT molecular complexity index is 460. The molecule has 0 amide bonds. The van der Waals surface area contributed by atoms with Crippen LogP contribution in [0.1, 0.15) is 72.1 Å². The second-order valence-corrected chi connectivity index (χ2v) is 7.97. The van der Waals surface area contributed by atoms with Crippen molar-refractivity contribution < 1.29 is 15.3 Å². The van der Waals surface area contributed by atoms with E-state index in [0.717, 1.165) is 11.1 Å². The molecule has 0 bridgehead atoms. The van der Waals surface area contributed by atoms with Crippen molar-refractivity contribution in [1.82, 2.24) is 0 Å². The van der Waals surface area contributed by atoms with Gasteiger partial charge >= 0.3 is 0 Å². The summed E-state index contributed by atoms with van der Waals surface area (Å²) in [6.45, 7) is 25.1. The maximum absolute atomic E-state index is 10.4. The van der Waals surface area contributed by atoms with Crippen LogP contribution in [0.5, 0.6) is 5.75 Å². The van der Waals surface area contributed by atoms with Crippen LogP contribution >= 0.6 is 0 Å². The highest BCUT2D eigenvalue weighted by atomic mass is 16.3.